The van der Waals surface area contributed by atoms with E-state index in [2.05, 4.69) is 20.4 Å². The number of nitrogens with zero attached hydrogens (tertiary/aromatic N) is 4. The van der Waals surface area contributed by atoms with Gasteiger partial charge >= 0.3 is 0 Å². The van der Waals surface area contributed by atoms with Crippen LogP contribution in [0.3, 0.4) is 0 Å². The lowest BCUT2D eigenvalue weighted by Gasteiger charge is -2.00. The topological polar surface area (TPSA) is 155 Å². The molecule has 0 radical (unpaired) electrons. The molecule has 3 rings (SSSR count). The number of amides is 2. The van der Waals surface area contributed by atoms with E-state index in [0.29, 0.717) is 11.4 Å². The van der Waals surface area contributed by atoms with Gasteiger partial charge in [-0.1, -0.05) is 0 Å². The lowest BCUT2D eigenvalue weighted by Crippen LogP contribution is -2.18. The Balaban J connectivity index is 1.82. The Kier molecular flexibility index (Phi) is 3.70. The monoisotopic (exact) mass is 327 g/mol. The molecular weight excluding hydrogens is 314 g/mol. The van der Waals surface area contributed by atoms with Crippen LogP contribution in [-0.4, -0.2) is 31.6 Å². The maximum atomic E-state index is 12.2. The average Bonchev–Trinajstić information content (AvgIpc) is 3.15. The normalized spacial score (nSPS) is 10.5. The largest absolute Gasteiger partial charge is 0.444 e. The molecule has 0 fully saturated rings. The molecule has 0 unspecified atom stereocenters. The summed E-state index contributed by atoms with van der Waals surface area (Å²) in [6.07, 6.45) is 4.14. The molecule has 24 heavy (non-hydrogen) atoms. The standard InChI is InChI=1S/C14H13N7O3/c1-21-5-8(11(20-21)12(16)22)18-13(23)9-6-24-14(19-9)7-2-3-10(15)17-4-7/h2-6H,1H3,(H2,15,17)(H2,16,22)(H,18,23). The number of rotatable bonds is 4. The molecule has 0 bridgehead atoms. The molecule has 0 aromatic carbocycles. The molecule has 0 saturated heterocycles. The van der Waals surface area contributed by atoms with E-state index in [-0.39, 0.29) is 23.0 Å². The first-order valence-electron chi connectivity index (χ1n) is 6.76. The number of hydrogen-bond donors (Lipinski definition) is 3. The van der Waals surface area contributed by atoms with Gasteiger partial charge in [0.05, 0.1) is 11.3 Å². The highest BCUT2D eigenvalue weighted by Gasteiger charge is 2.19. The third-order valence-corrected chi connectivity index (χ3v) is 3.08. The van der Waals surface area contributed by atoms with Crippen molar-refractivity contribution in [2.45, 2.75) is 0 Å². The summed E-state index contributed by atoms with van der Waals surface area (Å²) in [7, 11) is 1.60. The Morgan fingerprint density at radius 2 is 2.12 bits per heavy atom. The number of aromatic nitrogens is 4. The first-order chi connectivity index (χ1) is 11.4. The predicted molar refractivity (Wildman–Crippen MR) is 83.8 cm³/mol. The van der Waals surface area contributed by atoms with Crippen molar-refractivity contribution in [1.82, 2.24) is 19.7 Å². The second kappa shape index (κ2) is 5.83. The number of hydrogen-bond acceptors (Lipinski definition) is 7. The molecule has 122 valence electrons. The molecular formula is C14H13N7O3. The van der Waals surface area contributed by atoms with Crippen molar-refractivity contribution in [3.05, 3.63) is 42.2 Å². The Morgan fingerprint density at radius 1 is 1.33 bits per heavy atom. The zero-order chi connectivity index (χ0) is 17.3. The molecule has 10 nitrogen and oxygen atoms in total. The fourth-order valence-corrected chi connectivity index (χ4v) is 1.99. The molecule has 5 N–H and O–H groups in total. The van der Waals surface area contributed by atoms with E-state index < -0.39 is 11.8 Å². The molecule has 3 aromatic rings. The van der Waals surface area contributed by atoms with Gasteiger partial charge in [0.15, 0.2) is 11.4 Å². The van der Waals surface area contributed by atoms with Crippen LogP contribution in [0, 0.1) is 0 Å². The van der Waals surface area contributed by atoms with E-state index in [0.717, 1.165) is 0 Å². The van der Waals surface area contributed by atoms with Gasteiger partial charge in [-0.3, -0.25) is 14.3 Å². The van der Waals surface area contributed by atoms with E-state index in [1.807, 2.05) is 0 Å². The molecule has 3 aromatic heterocycles. The van der Waals surface area contributed by atoms with E-state index >= 15 is 0 Å². The molecule has 0 aliphatic carbocycles. The summed E-state index contributed by atoms with van der Waals surface area (Å²) in [5.41, 5.74) is 11.5. The summed E-state index contributed by atoms with van der Waals surface area (Å²) in [5.74, 6) is -0.739. The highest BCUT2D eigenvalue weighted by molar-refractivity contribution is 6.07. The second-order valence-electron chi connectivity index (χ2n) is 4.89. The number of oxazole rings is 1. The third kappa shape index (κ3) is 2.92. The van der Waals surface area contributed by atoms with Gasteiger partial charge in [0, 0.05) is 19.4 Å². The maximum absolute atomic E-state index is 12.2. The summed E-state index contributed by atoms with van der Waals surface area (Å²) >= 11 is 0. The van der Waals surface area contributed by atoms with E-state index in [4.69, 9.17) is 15.9 Å². The fourth-order valence-electron chi connectivity index (χ4n) is 1.99. The first kappa shape index (κ1) is 15.2. The number of anilines is 2. The summed E-state index contributed by atoms with van der Waals surface area (Å²) in [5, 5.41) is 6.40. The lowest BCUT2D eigenvalue weighted by atomic mass is 10.3. The number of pyridine rings is 1. The van der Waals surface area contributed by atoms with Gasteiger partial charge in [-0.05, 0) is 12.1 Å². The van der Waals surface area contributed by atoms with Crippen molar-refractivity contribution in [1.29, 1.82) is 0 Å². The van der Waals surface area contributed by atoms with Gasteiger partial charge in [0.1, 0.15) is 12.1 Å². The zero-order valence-electron chi connectivity index (χ0n) is 12.6. The summed E-state index contributed by atoms with van der Waals surface area (Å²) in [6.45, 7) is 0. The minimum Gasteiger partial charge on any atom is -0.444 e. The van der Waals surface area contributed by atoms with Crippen LogP contribution in [0.2, 0.25) is 0 Å². The summed E-state index contributed by atoms with van der Waals surface area (Å²) in [6, 6.07) is 3.26. The van der Waals surface area contributed by atoms with Crippen LogP contribution in [0.15, 0.2) is 35.2 Å². The average molecular weight is 327 g/mol. The second-order valence-corrected chi connectivity index (χ2v) is 4.89. The van der Waals surface area contributed by atoms with Gasteiger partial charge in [-0.25, -0.2) is 9.97 Å². The molecule has 2 amide bonds. The molecule has 0 saturated carbocycles. The van der Waals surface area contributed by atoms with Crippen LogP contribution in [0.1, 0.15) is 21.0 Å². The Morgan fingerprint density at radius 3 is 2.79 bits per heavy atom. The first-order valence-corrected chi connectivity index (χ1v) is 6.76. The van der Waals surface area contributed by atoms with Gasteiger partial charge in [-0.15, -0.1) is 0 Å². The van der Waals surface area contributed by atoms with Crippen molar-refractivity contribution < 1.29 is 14.0 Å². The van der Waals surface area contributed by atoms with E-state index in [9.17, 15) is 9.59 Å². The minimum absolute atomic E-state index is 0.0288. The Hall–Kier alpha value is -3.69. The van der Waals surface area contributed by atoms with Gasteiger partial charge in [-0.2, -0.15) is 5.10 Å². The van der Waals surface area contributed by atoms with E-state index in [1.54, 1.807) is 19.2 Å². The SMILES string of the molecule is Cn1cc(NC(=O)c2coc(-c3ccc(N)nc3)n2)c(C(N)=O)n1. The number of carbonyl (C=O) groups is 2. The molecule has 0 atom stereocenters. The number of primary amides is 1. The van der Waals surface area contributed by atoms with Crippen LogP contribution in [0.5, 0.6) is 0 Å². The number of nitrogens with one attached hydrogen (secondary N) is 1. The maximum Gasteiger partial charge on any atom is 0.277 e. The van der Waals surface area contributed by atoms with Crippen LogP contribution in [-0.2, 0) is 7.05 Å². The highest BCUT2D eigenvalue weighted by atomic mass is 16.3. The molecule has 10 heteroatoms. The number of nitrogens with two attached hydrogens (primary N) is 2. The minimum atomic E-state index is -0.750. The quantitative estimate of drug-likeness (QED) is 0.626. The lowest BCUT2D eigenvalue weighted by molar-refractivity contribution is 0.0995. The number of carbonyl (C=O) groups excluding carboxylic acids is 2. The summed E-state index contributed by atoms with van der Waals surface area (Å²) < 4.78 is 6.63. The zero-order valence-corrected chi connectivity index (χ0v) is 12.6. The van der Waals surface area contributed by atoms with Crippen LogP contribution in [0.4, 0.5) is 11.5 Å². The van der Waals surface area contributed by atoms with Crippen LogP contribution >= 0.6 is 0 Å². The fraction of sp³-hybridized carbons (Fsp3) is 0.0714. The predicted octanol–water partition coefficient (Wildman–Crippen LogP) is 0.403. The third-order valence-electron chi connectivity index (χ3n) is 3.08. The van der Waals surface area contributed by atoms with Crippen molar-refractivity contribution >= 4 is 23.3 Å². The molecule has 0 aliphatic rings. The van der Waals surface area contributed by atoms with Crippen molar-refractivity contribution in [2.24, 2.45) is 12.8 Å². The van der Waals surface area contributed by atoms with Gasteiger partial charge in [0.25, 0.3) is 11.8 Å². The smallest absolute Gasteiger partial charge is 0.277 e. The van der Waals surface area contributed by atoms with E-state index in [1.165, 1.54) is 23.3 Å². The number of aryl methyl sites for hydroxylation is 1. The Labute approximate surface area is 135 Å². The van der Waals surface area contributed by atoms with Gasteiger partial charge < -0.3 is 21.2 Å². The highest BCUT2D eigenvalue weighted by Crippen LogP contribution is 2.19. The van der Waals surface area contributed by atoms with Crippen molar-refractivity contribution in [2.75, 3.05) is 11.1 Å². The van der Waals surface area contributed by atoms with Crippen molar-refractivity contribution in [3.8, 4) is 11.5 Å². The molecule has 0 aliphatic heterocycles. The van der Waals surface area contributed by atoms with Gasteiger partial charge in [0.2, 0.25) is 5.89 Å². The van der Waals surface area contributed by atoms with Crippen LogP contribution < -0.4 is 16.8 Å². The number of nitrogen functional groups attached to an aromatic ring is 1. The van der Waals surface area contributed by atoms with Crippen molar-refractivity contribution in [3.63, 3.8) is 0 Å². The molecule has 0 spiro atoms. The molecule has 3 heterocycles. The van der Waals surface area contributed by atoms with Crippen LogP contribution in [0.25, 0.3) is 11.5 Å². The Bertz CT molecular complexity index is 911. The summed E-state index contributed by atoms with van der Waals surface area (Å²) in [4.78, 5) is 31.6.